The molecular weight excluding hydrogens is 340 g/mol. The van der Waals surface area contributed by atoms with Gasteiger partial charge < -0.3 is 5.32 Å². The Morgan fingerprint density at radius 2 is 2.14 bits per heavy atom. The monoisotopic (exact) mass is 354 g/mol. The van der Waals surface area contributed by atoms with E-state index in [1.165, 1.54) is 0 Å². The maximum Gasteiger partial charge on any atom is 0.300 e. The van der Waals surface area contributed by atoms with Crippen molar-refractivity contribution in [3.8, 4) is 0 Å². The zero-order valence-electron chi connectivity index (χ0n) is 11.0. The van der Waals surface area contributed by atoms with Gasteiger partial charge in [0.1, 0.15) is 4.21 Å². The summed E-state index contributed by atoms with van der Waals surface area (Å²) in [6.07, 6.45) is 0. The van der Waals surface area contributed by atoms with Crippen molar-refractivity contribution in [2.24, 2.45) is 0 Å². The molecule has 2 rings (SSSR count). The van der Waals surface area contributed by atoms with E-state index in [1.807, 2.05) is 0 Å². The predicted molar refractivity (Wildman–Crippen MR) is 80.5 cm³/mol. The van der Waals surface area contributed by atoms with Crippen LogP contribution in [0, 0.1) is 10.1 Å². The van der Waals surface area contributed by atoms with Crippen LogP contribution in [0.1, 0.15) is 0 Å². The quantitative estimate of drug-likeness (QED) is 0.569. The fourth-order valence-electron chi connectivity index (χ4n) is 1.94. The molecule has 1 fully saturated rings. The number of nitrogens with zero attached hydrogens (tertiary/aromatic N) is 2. The lowest BCUT2D eigenvalue weighted by atomic mass is 10.3. The molecule has 1 aliphatic heterocycles. The van der Waals surface area contributed by atoms with E-state index in [1.54, 1.807) is 0 Å². The molecule has 0 aromatic carbocycles. The van der Waals surface area contributed by atoms with E-state index in [-0.39, 0.29) is 20.8 Å². The van der Waals surface area contributed by atoms with Gasteiger partial charge >= 0.3 is 0 Å². The number of halogens is 1. The normalized spacial score (nSPS) is 17.0. The lowest BCUT2D eigenvalue weighted by Crippen LogP contribution is -2.46. The molecule has 0 radical (unpaired) electrons. The fourth-order valence-corrected chi connectivity index (χ4v) is 4.67. The highest BCUT2D eigenvalue weighted by Gasteiger charge is 2.25. The minimum atomic E-state index is -3.76. The van der Waals surface area contributed by atoms with Crippen molar-refractivity contribution in [3.05, 3.63) is 20.5 Å². The first-order valence-electron chi connectivity index (χ1n) is 6.26. The second kappa shape index (κ2) is 6.99. The number of nitro groups is 1. The Morgan fingerprint density at radius 1 is 1.48 bits per heavy atom. The number of thiophene rings is 1. The summed E-state index contributed by atoms with van der Waals surface area (Å²) in [4.78, 5) is 12.1. The molecule has 0 spiro atoms. The van der Waals surface area contributed by atoms with Crippen LogP contribution in [0.15, 0.2) is 10.3 Å². The van der Waals surface area contributed by atoms with Crippen molar-refractivity contribution in [1.82, 2.24) is 14.9 Å². The molecule has 0 bridgehead atoms. The zero-order valence-corrected chi connectivity index (χ0v) is 13.4. The van der Waals surface area contributed by atoms with Gasteiger partial charge in [0.15, 0.2) is 4.34 Å². The third kappa shape index (κ3) is 4.34. The Labute approximate surface area is 131 Å². The molecule has 2 N–H and O–H groups in total. The summed E-state index contributed by atoms with van der Waals surface area (Å²) < 4.78 is 26.3. The van der Waals surface area contributed by atoms with Crippen molar-refractivity contribution in [2.75, 3.05) is 39.3 Å². The van der Waals surface area contributed by atoms with Gasteiger partial charge in [0.2, 0.25) is 10.0 Å². The van der Waals surface area contributed by atoms with E-state index in [0.717, 1.165) is 32.2 Å². The molecular formula is C10H15ClN4O4S2. The molecule has 11 heteroatoms. The Bertz CT molecular complexity index is 613. The van der Waals surface area contributed by atoms with Crippen LogP contribution in [0.3, 0.4) is 0 Å². The Kier molecular flexibility index (Phi) is 5.52. The Balaban J connectivity index is 1.95. The largest absolute Gasteiger partial charge is 0.314 e. The molecule has 1 aromatic heterocycles. The molecule has 0 unspecified atom stereocenters. The molecule has 0 amide bonds. The van der Waals surface area contributed by atoms with Crippen LogP contribution >= 0.6 is 22.9 Å². The van der Waals surface area contributed by atoms with Gasteiger partial charge in [-0.3, -0.25) is 15.0 Å². The highest BCUT2D eigenvalue weighted by Crippen LogP contribution is 2.35. The molecule has 0 aliphatic carbocycles. The molecule has 0 saturated carbocycles. The van der Waals surface area contributed by atoms with Crippen molar-refractivity contribution in [1.29, 1.82) is 0 Å². The number of nitrogens with one attached hydrogen (secondary N) is 2. The predicted octanol–water partition coefficient (Wildman–Crippen LogP) is 0.493. The summed E-state index contributed by atoms with van der Waals surface area (Å²) in [5.74, 6) is 0. The van der Waals surface area contributed by atoms with Crippen LogP contribution in [0.5, 0.6) is 0 Å². The average Bonchev–Trinajstić information content (AvgIpc) is 2.83. The van der Waals surface area contributed by atoms with Gasteiger partial charge in [0, 0.05) is 45.3 Å². The van der Waals surface area contributed by atoms with Crippen LogP contribution in [0.2, 0.25) is 4.34 Å². The fraction of sp³-hybridized carbons (Fsp3) is 0.600. The number of hydrogen-bond acceptors (Lipinski definition) is 7. The van der Waals surface area contributed by atoms with Gasteiger partial charge in [-0.25, -0.2) is 13.1 Å². The van der Waals surface area contributed by atoms with Crippen LogP contribution < -0.4 is 10.0 Å². The van der Waals surface area contributed by atoms with Gasteiger partial charge in [-0.05, 0) is 0 Å². The highest BCUT2D eigenvalue weighted by molar-refractivity contribution is 7.91. The van der Waals surface area contributed by atoms with Crippen molar-refractivity contribution >= 4 is 38.6 Å². The lowest BCUT2D eigenvalue weighted by molar-refractivity contribution is -0.384. The Hall–Kier alpha value is -0.780. The minimum absolute atomic E-state index is 0.137. The van der Waals surface area contributed by atoms with Gasteiger partial charge in [-0.1, -0.05) is 11.6 Å². The van der Waals surface area contributed by atoms with Crippen LogP contribution in [-0.2, 0) is 10.0 Å². The first-order chi connectivity index (χ1) is 9.90. The molecule has 8 nitrogen and oxygen atoms in total. The van der Waals surface area contributed by atoms with Crippen LogP contribution in [-0.4, -0.2) is 57.5 Å². The van der Waals surface area contributed by atoms with Gasteiger partial charge in [0.25, 0.3) is 5.69 Å². The summed E-state index contributed by atoms with van der Waals surface area (Å²) in [7, 11) is -3.76. The number of sulfonamides is 1. The number of rotatable bonds is 6. The number of piperazine rings is 1. The van der Waals surface area contributed by atoms with Gasteiger partial charge in [0.05, 0.1) is 4.92 Å². The first kappa shape index (κ1) is 16.6. The molecule has 1 saturated heterocycles. The summed E-state index contributed by atoms with van der Waals surface area (Å²) in [5.41, 5.74) is -0.385. The highest BCUT2D eigenvalue weighted by atomic mass is 35.5. The third-order valence-corrected chi connectivity index (χ3v) is 6.31. The lowest BCUT2D eigenvalue weighted by Gasteiger charge is -2.26. The molecule has 21 heavy (non-hydrogen) atoms. The van der Waals surface area contributed by atoms with Gasteiger partial charge in [-0.15, -0.1) is 11.3 Å². The molecule has 2 heterocycles. The van der Waals surface area contributed by atoms with E-state index in [9.17, 15) is 18.5 Å². The van der Waals surface area contributed by atoms with Crippen molar-refractivity contribution < 1.29 is 13.3 Å². The molecule has 1 aromatic rings. The standard InChI is InChI=1S/C10H15ClN4O4S2/c11-10-8(15(16)17)7-9(20-10)21(18,19)13-3-6-14-4-1-12-2-5-14/h7,12-13H,1-6H2. The SMILES string of the molecule is O=[N+]([O-])c1cc(S(=O)(=O)NCCN2CCNCC2)sc1Cl. The smallest absolute Gasteiger partial charge is 0.300 e. The van der Waals surface area contributed by atoms with E-state index >= 15 is 0 Å². The first-order valence-corrected chi connectivity index (χ1v) is 8.94. The second-order valence-electron chi connectivity index (χ2n) is 4.47. The van der Waals surface area contributed by atoms with Crippen LogP contribution in [0.25, 0.3) is 0 Å². The summed E-state index contributed by atoms with van der Waals surface area (Å²) in [5, 5.41) is 13.9. The topological polar surface area (TPSA) is 105 Å². The van der Waals surface area contributed by atoms with E-state index < -0.39 is 14.9 Å². The van der Waals surface area contributed by atoms with E-state index in [4.69, 9.17) is 11.6 Å². The summed E-state index contributed by atoms with van der Waals surface area (Å²) >= 11 is 6.36. The van der Waals surface area contributed by atoms with Crippen LogP contribution in [0.4, 0.5) is 5.69 Å². The maximum atomic E-state index is 12.0. The van der Waals surface area contributed by atoms with Gasteiger partial charge in [-0.2, -0.15) is 0 Å². The molecule has 0 atom stereocenters. The third-order valence-electron chi connectivity index (χ3n) is 3.04. The average molecular weight is 355 g/mol. The summed E-state index contributed by atoms with van der Waals surface area (Å²) in [6.45, 7) is 4.38. The zero-order chi connectivity index (χ0) is 15.5. The molecule has 118 valence electrons. The molecule has 1 aliphatic rings. The Morgan fingerprint density at radius 3 is 2.71 bits per heavy atom. The minimum Gasteiger partial charge on any atom is -0.314 e. The van der Waals surface area contributed by atoms with Crippen molar-refractivity contribution in [2.45, 2.75) is 4.21 Å². The van der Waals surface area contributed by atoms with Crippen molar-refractivity contribution in [3.63, 3.8) is 0 Å². The summed E-state index contributed by atoms with van der Waals surface area (Å²) in [6, 6.07) is 0.986. The maximum absolute atomic E-state index is 12.0. The van der Waals surface area contributed by atoms with E-state index in [0.29, 0.717) is 17.9 Å². The van der Waals surface area contributed by atoms with E-state index in [2.05, 4.69) is 14.9 Å². The second-order valence-corrected chi connectivity index (χ2v) is 8.12. The number of hydrogen-bond donors (Lipinski definition) is 2.